The molecule has 1 aliphatic rings. The van der Waals surface area contributed by atoms with Crippen molar-refractivity contribution in [3.05, 3.63) is 75.4 Å². The van der Waals surface area contributed by atoms with E-state index in [0.29, 0.717) is 5.28 Å². The van der Waals surface area contributed by atoms with Crippen LogP contribution in [0.5, 0.6) is 0 Å². The molecule has 0 fully saturated rings. The maximum absolute atomic E-state index is 6.39. The molecule has 5 heteroatoms. The summed E-state index contributed by atoms with van der Waals surface area (Å²) in [6.45, 7) is 6.18. The molecule has 0 aliphatic carbocycles. The number of hydrogen-bond acceptors (Lipinski definition) is 4. The number of rotatable bonds is 4. The molecule has 1 aliphatic heterocycles. The largest absolute Gasteiger partial charge is 0.351 e. The van der Waals surface area contributed by atoms with Gasteiger partial charge in [-0.3, -0.25) is 0 Å². The van der Waals surface area contributed by atoms with Gasteiger partial charge in [-0.15, -0.1) is 11.3 Å². The van der Waals surface area contributed by atoms with E-state index in [9.17, 15) is 0 Å². The van der Waals surface area contributed by atoms with Crippen LogP contribution in [-0.2, 0) is 25.8 Å². The van der Waals surface area contributed by atoms with Gasteiger partial charge < -0.3 is 4.90 Å². The summed E-state index contributed by atoms with van der Waals surface area (Å²) in [6, 6.07) is 17.6. The van der Waals surface area contributed by atoms with E-state index in [1.807, 2.05) is 0 Å². The summed E-state index contributed by atoms with van der Waals surface area (Å²) in [5, 5.41) is 1.47. The number of fused-ring (bicyclic) bond motifs is 2. The van der Waals surface area contributed by atoms with E-state index in [2.05, 4.69) is 72.3 Å². The van der Waals surface area contributed by atoms with Gasteiger partial charge in [0, 0.05) is 23.5 Å². The highest BCUT2D eigenvalue weighted by Gasteiger charge is 2.25. The fourth-order valence-electron chi connectivity index (χ4n) is 4.37. The van der Waals surface area contributed by atoms with Crippen LogP contribution in [0.4, 0.5) is 5.82 Å². The summed E-state index contributed by atoms with van der Waals surface area (Å²) in [4.78, 5) is 14.1. The first kappa shape index (κ1) is 19.5. The number of nitrogens with zero attached hydrogens (tertiary/aromatic N) is 3. The summed E-state index contributed by atoms with van der Waals surface area (Å²) in [6.07, 6.45) is 3.03. The third-order valence-corrected chi connectivity index (χ3v) is 7.38. The second kappa shape index (κ2) is 8.01. The van der Waals surface area contributed by atoms with Crippen LogP contribution in [0.1, 0.15) is 35.4 Å². The lowest BCUT2D eigenvalue weighted by Crippen LogP contribution is -2.31. The Kier molecular flexibility index (Phi) is 5.21. The van der Waals surface area contributed by atoms with Crippen LogP contribution in [0.2, 0.25) is 5.28 Å². The van der Waals surface area contributed by atoms with Crippen LogP contribution in [-0.4, -0.2) is 16.5 Å². The van der Waals surface area contributed by atoms with Gasteiger partial charge in [-0.05, 0) is 53.1 Å². The van der Waals surface area contributed by atoms with E-state index in [1.165, 1.54) is 32.7 Å². The Hall–Kier alpha value is -2.43. The standard InChI is InChI=1S/C25H24ClN3S/c1-3-16-9-11-18(12-10-16)21-20(4-2)30-24-22(21)23(27-25(26)28-24)29-14-13-17-7-5-6-8-19(17)15-29/h5-12H,3-4,13-15H2,1-2H3. The van der Waals surface area contributed by atoms with E-state index in [0.717, 1.165) is 48.4 Å². The monoisotopic (exact) mass is 433 g/mol. The Morgan fingerprint density at radius 1 is 0.967 bits per heavy atom. The average molecular weight is 434 g/mol. The van der Waals surface area contributed by atoms with Gasteiger partial charge in [0.1, 0.15) is 10.6 Å². The first-order chi connectivity index (χ1) is 14.7. The molecular formula is C25H24ClN3S. The van der Waals surface area contributed by atoms with Crippen LogP contribution in [0.15, 0.2) is 48.5 Å². The van der Waals surface area contributed by atoms with Crippen LogP contribution >= 0.6 is 22.9 Å². The van der Waals surface area contributed by atoms with Gasteiger partial charge in [0.05, 0.1) is 5.39 Å². The van der Waals surface area contributed by atoms with Crippen molar-refractivity contribution in [1.82, 2.24) is 9.97 Å². The Morgan fingerprint density at radius 3 is 2.47 bits per heavy atom. The van der Waals surface area contributed by atoms with E-state index >= 15 is 0 Å². The third-order valence-electron chi connectivity index (χ3n) is 5.98. The van der Waals surface area contributed by atoms with E-state index in [1.54, 1.807) is 11.3 Å². The van der Waals surface area contributed by atoms with Crippen LogP contribution < -0.4 is 4.90 Å². The zero-order chi connectivity index (χ0) is 20.7. The van der Waals surface area contributed by atoms with E-state index in [4.69, 9.17) is 16.6 Å². The minimum absolute atomic E-state index is 0.327. The number of anilines is 1. The zero-order valence-corrected chi connectivity index (χ0v) is 18.9. The van der Waals surface area contributed by atoms with Crippen LogP contribution in [0.25, 0.3) is 21.3 Å². The highest BCUT2D eigenvalue weighted by atomic mass is 35.5. The van der Waals surface area contributed by atoms with Gasteiger partial charge in [-0.1, -0.05) is 62.4 Å². The van der Waals surface area contributed by atoms with Crippen molar-refractivity contribution in [2.45, 2.75) is 39.7 Å². The van der Waals surface area contributed by atoms with Crippen molar-refractivity contribution in [3.8, 4) is 11.1 Å². The fraction of sp³-hybridized carbons (Fsp3) is 0.280. The number of aryl methyl sites for hydroxylation is 2. The van der Waals surface area contributed by atoms with E-state index in [-0.39, 0.29) is 0 Å². The Bertz CT molecular complexity index is 1210. The number of hydrogen-bond donors (Lipinski definition) is 0. The SMILES string of the molecule is CCc1ccc(-c2c(CC)sc3nc(Cl)nc(N4CCc5ccccc5C4)c23)cc1. The topological polar surface area (TPSA) is 29.0 Å². The van der Waals surface area contributed by atoms with Crippen molar-refractivity contribution in [2.75, 3.05) is 11.4 Å². The minimum atomic E-state index is 0.327. The summed E-state index contributed by atoms with van der Waals surface area (Å²) in [5.41, 5.74) is 6.65. The Labute approximate surface area is 186 Å². The lowest BCUT2D eigenvalue weighted by molar-refractivity contribution is 0.723. The summed E-state index contributed by atoms with van der Waals surface area (Å²) < 4.78 is 0. The fourth-order valence-corrected chi connectivity index (χ4v) is 5.71. The molecule has 3 heterocycles. The first-order valence-electron chi connectivity index (χ1n) is 10.6. The van der Waals surface area contributed by atoms with Crippen molar-refractivity contribution >= 4 is 39.0 Å². The molecule has 4 aromatic rings. The molecule has 0 bridgehead atoms. The highest BCUT2D eigenvalue weighted by Crippen LogP contribution is 2.43. The second-order valence-corrected chi connectivity index (χ2v) is 9.16. The summed E-state index contributed by atoms with van der Waals surface area (Å²) in [7, 11) is 0. The molecule has 0 N–H and O–H groups in total. The second-order valence-electron chi connectivity index (χ2n) is 7.74. The smallest absolute Gasteiger partial charge is 0.225 e. The molecular weight excluding hydrogens is 410 g/mol. The van der Waals surface area contributed by atoms with E-state index < -0.39 is 0 Å². The predicted molar refractivity (Wildman–Crippen MR) is 128 cm³/mol. The molecule has 0 saturated carbocycles. The number of halogens is 1. The Balaban J connectivity index is 1.69. The molecule has 3 nitrogen and oxygen atoms in total. The third kappa shape index (κ3) is 3.38. The molecule has 0 atom stereocenters. The zero-order valence-electron chi connectivity index (χ0n) is 17.3. The van der Waals surface area contributed by atoms with Gasteiger partial charge in [-0.25, -0.2) is 4.98 Å². The summed E-state index contributed by atoms with van der Waals surface area (Å²) >= 11 is 8.14. The Morgan fingerprint density at radius 2 is 1.73 bits per heavy atom. The van der Waals surface area contributed by atoms with Gasteiger partial charge in [0.25, 0.3) is 0 Å². The number of benzene rings is 2. The molecule has 0 amide bonds. The molecule has 0 saturated heterocycles. The molecule has 152 valence electrons. The quantitative estimate of drug-likeness (QED) is 0.335. The lowest BCUT2D eigenvalue weighted by Gasteiger charge is -2.30. The molecule has 0 spiro atoms. The van der Waals surface area contributed by atoms with Gasteiger partial charge in [-0.2, -0.15) is 4.98 Å². The summed E-state index contributed by atoms with van der Waals surface area (Å²) in [5.74, 6) is 0.963. The van der Waals surface area contributed by atoms with Crippen LogP contribution in [0, 0.1) is 0 Å². The normalized spacial score (nSPS) is 13.6. The van der Waals surface area contributed by atoms with Gasteiger partial charge >= 0.3 is 0 Å². The molecule has 0 unspecified atom stereocenters. The minimum Gasteiger partial charge on any atom is -0.351 e. The maximum atomic E-state index is 6.39. The predicted octanol–water partition coefficient (Wildman–Crippen LogP) is 6.70. The molecule has 30 heavy (non-hydrogen) atoms. The maximum Gasteiger partial charge on any atom is 0.225 e. The van der Waals surface area contributed by atoms with Crippen molar-refractivity contribution < 1.29 is 0 Å². The van der Waals surface area contributed by atoms with Crippen molar-refractivity contribution in [2.24, 2.45) is 0 Å². The molecule has 2 aromatic heterocycles. The van der Waals surface area contributed by atoms with Crippen molar-refractivity contribution in [3.63, 3.8) is 0 Å². The van der Waals surface area contributed by atoms with Gasteiger partial charge in [0.15, 0.2) is 0 Å². The van der Waals surface area contributed by atoms with Crippen LogP contribution in [0.3, 0.4) is 0 Å². The number of aromatic nitrogens is 2. The highest BCUT2D eigenvalue weighted by molar-refractivity contribution is 7.19. The number of thiophene rings is 1. The van der Waals surface area contributed by atoms with Gasteiger partial charge in [0.2, 0.25) is 5.28 Å². The molecule has 5 rings (SSSR count). The molecule has 2 aromatic carbocycles. The average Bonchev–Trinajstić information content (AvgIpc) is 3.16. The van der Waals surface area contributed by atoms with Crippen molar-refractivity contribution in [1.29, 1.82) is 0 Å². The first-order valence-corrected chi connectivity index (χ1v) is 11.8. The lowest BCUT2D eigenvalue weighted by atomic mass is 9.98. The molecule has 0 radical (unpaired) electrons.